The highest BCUT2D eigenvalue weighted by molar-refractivity contribution is 8.00. The summed E-state index contributed by atoms with van der Waals surface area (Å²) in [7, 11) is 0. The highest BCUT2D eigenvalue weighted by Crippen LogP contribution is 2.34. The predicted molar refractivity (Wildman–Crippen MR) is 80.8 cm³/mol. The quantitative estimate of drug-likeness (QED) is 0.854. The Morgan fingerprint density at radius 2 is 2.22 bits per heavy atom. The minimum atomic E-state index is 0.311. The summed E-state index contributed by atoms with van der Waals surface area (Å²) < 4.78 is 5.87. The number of ether oxygens (including phenoxy) is 1. The topological polar surface area (TPSA) is 38.5 Å². The fourth-order valence-electron chi connectivity index (χ4n) is 2.24. The van der Waals surface area contributed by atoms with Crippen molar-refractivity contribution >= 4 is 23.1 Å². The van der Waals surface area contributed by atoms with E-state index in [9.17, 15) is 0 Å². The molecule has 2 rings (SSSR count). The molecule has 0 bridgehead atoms. The molecule has 1 heterocycles. The van der Waals surface area contributed by atoms with Gasteiger partial charge in [0.05, 0.1) is 12.3 Å². The highest BCUT2D eigenvalue weighted by Gasteiger charge is 2.27. The Labute approximate surface area is 114 Å². The number of hydrogen-bond acceptors (Lipinski definition) is 4. The number of anilines is 2. The van der Waals surface area contributed by atoms with Crippen LogP contribution in [0.5, 0.6) is 5.75 Å². The first-order chi connectivity index (χ1) is 8.52. The molecule has 0 unspecified atom stereocenters. The van der Waals surface area contributed by atoms with Crippen LogP contribution >= 0.6 is 11.8 Å². The molecule has 4 heteroatoms. The molecule has 1 aromatic rings. The molecule has 0 saturated carbocycles. The van der Waals surface area contributed by atoms with Crippen LogP contribution in [-0.4, -0.2) is 30.2 Å². The van der Waals surface area contributed by atoms with Crippen LogP contribution in [-0.2, 0) is 0 Å². The molecule has 18 heavy (non-hydrogen) atoms. The van der Waals surface area contributed by atoms with Gasteiger partial charge in [0, 0.05) is 35.3 Å². The Balaban J connectivity index is 2.20. The molecule has 0 aliphatic carbocycles. The number of hydrogen-bond donors (Lipinski definition) is 1. The molecular weight excluding hydrogens is 244 g/mol. The first-order valence-corrected chi connectivity index (χ1v) is 7.41. The zero-order valence-corrected chi connectivity index (χ0v) is 12.2. The van der Waals surface area contributed by atoms with E-state index < -0.39 is 0 Å². The average molecular weight is 266 g/mol. The molecule has 0 amide bonds. The van der Waals surface area contributed by atoms with Gasteiger partial charge in [0.25, 0.3) is 0 Å². The van der Waals surface area contributed by atoms with Gasteiger partial charge in [-0.2, -0.15) is 11.8 Å². The monoisotopic (exact) mass is 266 g/mol. The second-order valence-electron chi connectivity index (χ2n) is 5.18. The van der Waals surface area contributed by atoms with Gasteiger partial charge in [0.2, 0.25) is 0 Å². The maximum Gasteiger partial charge on any atom is 0.144 e. The summed E-state index contributed by atoms with van der Waals surface area (Å²) in [5, 5.41) is 0. The van der Waals surface area contributed by atoms with Crippen molar-refractivity contribution in [3.8, 4) is 5.75 Å². The summed E-state index contributed by atoms with van der Waals surface area (Å²) in [4.78, 5) is 2.42. The highest BCUT2D eigenvalue weighted by atomic mass is 32.2. The van der Waals surface area contributed by atoms with E-state index in [0.29, 0.717) is 17.0 Å². The van der Waals surface area contributed by atoms with Crippen LogP contribution in [0.2, 0.25) is 0 Å². The Morgan fingerprint density at radius 1 is 1.44 bits per heavy atom. The third kappa shape index (κ3) is 3.05. The molecule has 0 spiro atoms. The van der Waals surface area contributed by atoms with Crippen molar-refractivity contribution in [3.05, 3.63) is 18.2 Å². The maximum absolute atomic E-state index is 5.91. The number of nitrogens with two attached hydrogens (primary N) is 1. The minimum Gasteiger partial charge on any atom is -0.492 e. The lowest BCUT2D eigenvalue weighted by molar-refractivity contribution is 0.342. The lowest BCUT2D eigenvalue weighted by atomic mass is 10.1. The van der Waals surface area contributed by atoms with Crippen molar-refractivity contribution in [1.82, 2.24) is 0 Å². The average Bonchev–Trinajstić information content (AvgIpc) is 2.31. The molecule has 0 aromatic heterocycles. The number of rotatable bonds is 3. The molecule has 0 atom stereocenters. The van der Waals surface area contributed by atoms with Crippen molar-refractivity contribution in [3.63, 3.8) is 0 Å². The van der Waals surface area contributed by atoms with E-state index in [2.05, 4.69) is 30.9 Å². The van der Waals surface area contributed by atoms with Crippen molar-refractivity contribution in [1.29, 1.82) is 0 Å². The lowest BCUT2D eigenvalue weighted by Gasteiger charge is -2.39. The Hall–Kier alpha value is -1.03. The fourth-order valence-corrected chi connectivity index (χ4v) is 3.35. The summed E-state index contributed by atoms with van der Waals surface area (Å²) in [6.45, 7) is 9.37. The Morgan fingerprint density at radius 3 is 2.89 bits per heavy atom. The molecule has 0 radical (unpaired) electrons. The third-order valence-electron chi connectivity index (χ3n) is 3.09. The molecular formula is C14H22N2OS. The van der Waals surface area contributed by atoms with E-state index >= 15 is 0 Å². The lowest BCUT2D eigenvalue weighted by Crippen LogP contribution is -2.43. The van der Waals surface area contributed by atoms with Gasteiger partial charge in [0.1, 0.15) is 5.75 Å². The van der Waals surface area contributed by atoms with E-state index in [1.54, 1.807) is 0 Å². The Kier molecular flexibility index (Phi) is 3.95. The van der Waals surface area contributed by atoms with Crippen LogP contribution in [0.15, 0.2) is 18.2 Å². The smallest absolute Gasteiger partial charge is 0.144 e. The molecule has 3 nitrogen and oxygen atoms in total. The summed E-state index contributed by atoms with van der Waals surface area (Å²) >= 11 is 2.04. The van der Waals surface area contributed by atoms with Gasteiger partial charge in [-0.05, 0) is 32.9 Å². The molecule has 2 N–H and O–H groups in total. The molecule has 1 saturated heterocycles. The van der Waals surface area contributed by atoms with Crippen molar-refractivity contribution in [2.75, 3.05) is 36.1 Å². The van der Waals surface area contributed by atoms with Crippen LogP contribution in [0.1, 0.15) is 20.8 Å². The summed E-state index contributed by atoms with van der Waals surface area (Å²) in [6.07, 6.45) is 0. The van der Waals surface area contributed by atoms with Crippen LogP contribution in [0.25, 0.3) is 0 Å². The first kappa shape index (κ1) is 13.4. The van der Waals surface area contributed by atoms with E-state index in [0.717, 1.165) is 18.8 Å². The van der Waals surface area contributed by atoms with Gasteiger partial charge in [-0.1, -0.05) is 0 Å². The largest absolute Gasteiger partial charge is 0.492 e. The van der Waals surface area contributed by atoms with E-state index in [-0.39, 0.29) is 0 Å². The van der Waals surface area contributed by atoms with Crippen LogP contribution in [0.3, 0.4) is 0 Å². The van der Waals surface area contributed by atoms with Crippen LogP contribution < -0.4 is 15.4 Å². The number of nitrogen functional groups attached to an aromatic ring is 1. The predicted octanol–water partition coefficient (Wildman–Crippen LogP) is 3.00. The van der Waals surface area contributed by atoms with Crippen molar-refractivity contribution in [2.45, 2.75) is 25.5 Å². The van der Waals surface area contributed by atoms with E-state index in [1.807, 2.05) is 24.8 Å². The second kappa shape index (κ2) is 5.31. The first-order valence-electron chi connectivity index (χ1n) is 6.43. The number of benzene rings is 1. The van der Waals surface area contributed by atoms with Gasteiger partial charge < -0.3 is 15.4 Å². The summed E-state index contributed by atoms with van der Waals surface area (Å²) in [6, 6.07) is 6.09. The number of nitrogens with zero attached hydrogens (tertiary/aromatic N) is 1. The van der Waals surface area contributed by atoms with E-state index in [4.69, 9.17) is 10.5 Å². The van der Waals surface area contributed by atoms with Gasteiger partial charge in [-0.25, -0.2) is 0 Å². The van der Waals surface area contributed by atoms with Crippen LogP contribution in [0, 0.1) is 0 Å². The molecule has 1 aliphatic rings. The van der Waals surface area contributed by atoms with Gasteiger partial charge >= 0.3 is 0 Å². The number of thioether (sulfide) groups is 1. The molecule has 100 valence electrons. The SMILES string of the molecule is CCOc1cc(N2CCSC(C)(C)C2)ccc1N. The van der Waals surface area contributed by atoms with Crippen molar-refractivity contribution in [2.24, 2.45) is 0 Å². The zero-order chi connectivity index (χ0) is 13.2. The fraction of sp³-hybridized carbons (Fsp3) is 0.571. The van der Waals surface area contributed by atoms with Crippen molar-refractivity contribution < 1.29 is 4.74 Å². The second-order valence-corrected chi connectivity index (χ2v) is 6.99. The molecule has 1 aromatic carbocycles. The molecule has 1 fully saturated rings. The zero-order valence-electron chi connectivity index (χ0n) is 11.4. The van der Waals surface area contributed by atoms with Crippen LogP contribution in [0.4, 0.5) is 11.4 Å². The standard InChI is InChI=1S/C14H22N2OS/c1-4-17-13-9-11(5-6-12(13)15)16-7-8-18-14(2,3)10-16/h5-6,9H,4,7-8,10,15H2,1-3H3. The Bertz CT molecular complexity index is 420. The van der Waals surface area contributed by atoms with Gasteiger partial charge in [0.15, 0.2) is 0 Å². The van der Waals surface area contributed by atoms with Gasteiger partial charge in [-0.3, -0.25) is 0 Å². The summed E-state index contributed by atoms with van der Waals surface area (Å²) in [5.41, 5.74) is 7.83. The normalized spacial score (nSPS) is 18.7. The summed E-state index contributed by atoms with van der Waals surface area (Å²) in [5.74, 6) is 1.97. The van der Waals surface area contributed by atoms with Gasteiger partial charge in [-0.15, -0.1) is 0 Å². The minimum absolute atomic E-state index is 0.311. The third-order valence-corrected chi connectivity index (χ3v) is 4.39. The van der Waals surface area contributed by atoms with E-state index in [1.165, 1.54) is 11.4 Å². The maximum atomic E-state index is 5.91. The molecule has 1 aliphatic heterocycles.